The molecule has 1 aromatic heterocycles. The Kier molecular flexibility index (Phi) is 4.35. The van der Waals surface area contributed by atoms with Gasteiger partial charge in [-0.05, 0) is 36.6 Å². The molecule has 1 saturated heterocycles. The molecular weight excluding hydrogens is 412 g/mol. The number of halogens is 1. The molecule has 2 heterocycles. The smallest absolute Gasteiger partial charge is 0.399 e. The van der Waals surface area contributed by atoms with E-state index in [-0.39, 0.29) is 0 Å². The Bertz CT molecular complexity index is 659. The third-order valence-electron chi connectivity index (χ3n) is 4.30. The number of hydrogen-bond donors (Lipinski definition) is 0. The molecule has 0 spiro atoms. The van der Waals surface area contributed by atoms with Crippen LogP contribution in [-0.2, 0) is 9.31 Å². The minimum absolute atomic E-state index is 0.393. The molecular formula is C15H17BINO3S. The van der Waals surface area contributed by atoms with Crippen molar-refractivity contribution in [3.8, 4) is 11.3 Å². The van der Waals surface area contributed by atoms with Crippen LogP contribution in [0.3, 0.4) is 0 Å². The van der Waals surface area contributed by atoms with Gasteiger partial charge in [-0.2, -0.15) is 0 Å². The highest BCUT2D eigenvalue weighted by Gasteiger charge is 2.54. The molecule has 0 bridgehead atoms. The summed E-state index contributed by atoms with van der Waals surface area (Å²) in [6.07, 6.45) is 0. The number of nitrogens with zero attached hydrogens (tertiary/aromatic N) is 1. The zero-order chi connectivity index (χ0) is 16.0. The van der Waals surface area contributed by atoms with Gasteiger partial charge in [0.15, 0.2) is 0 Å². The van der Waals surface area contributed by atoms with Gasteiger partial charge in [-0.3, -0.25) is 0 Å². The average Bonchev–Trinajstić information content (AvgIpc) is 2.98. The molecule has 3 rings (SSSR count). The lowest BCUT2D eigenvalue weighted by Gasteiger charge is -2.32. The molecule has 22 heavy (non-hydrogen) atoms. The van der Waals surface area contributed by atoms with E-state index in [1.807, 2.05) is 58.0 Å². The summed E-state index contributed by atoms with van der Waals surface area (Å²) in [5.74, 6) is 0. The Morgan fingerprint density at radius 2 is 1.64 bits per heavy atom. The number of aromatic nitrogens is 1. The molecule has 1 aliphatic heterocycles. The van der Waals surface area contributed by atoms with Crippen molar-refractivity contribution >= 4 is 42.7 Å². The zero-order valence-corrected chi connectivity index (χ0v) is 15.9. The Morgan fingerprint density at radius 3 is 2.18 bits per heavy atom. The van der Waals surface area contributed by atoms with Crippen LogP contribution in [0.2, 0.25) is 0 Å². The maximum atomic E-state index is 6.17. The number of rotatable bonds is 3. The summed E-state index contributed by atoms with van der Waals surface area (Å²) < 4.78 is 17.8. The van der Waals surface area contributed by atoms with Gasteiger partial charge in [-0.25, -0.2) is 0 Å². The largest absolute Gasteiger partial charge is 0.501 e. The van der Waals surface area contributed by atoms with Crippen LogP contribution in [0.1, 0.15) is 27.7 Å². The van der Waals surface area contributed by atoms with E-state index in [0.717, 1.165) is 21.8 Å². The lowest BCUT2D eigenvalue weighted by Crippen LogP contribution is -2.41. The topological polar surface area (TPSA) is 44.5 Å². The molecule has 0 aliphatic carbocycles. The van der Waals surface area contributed by atoms with Crippen molar-refractivity contribution < 1.29 is 13.8 Å². The average molecular weight is 429 g/mol. The van der Waals surface area contributed by atoms with Gasteiger partial charge < -0.3 is 13.8 Å². The summed E-state index contributed by atoms with van der Waals surface area (Å²) in [4.78, 5) is 0. The zero-order valence-electron chi connectivity index (χ0n) is 12.9. The first-order chi connectivity index (χ1) is 10.4. The first-order valence-electron chi connectivity index (χ1n) is 7.05. The van der Waals surface area contributed by atoms with Gasteiger partial charge in [0.1, 0.15) is 5.69 Å². The van der Waals surface area contributed by atoms with Crippen molar-refractivity contribution in [2.24, 2.45) is 0 Å². The van der Waals surface area contributed by atoms with Crippen molar-refractivity contribution in [1.29, 1.82) is 0 Å². The van der Waals surface area contributed by atoms with Crippen LogP contribution in [0, 0.1) is 0 Å². The van der Waals surface area contributed by atoms with Crippen molar-refractivity contribution in [2.45, 2.75) is 44.0 Å². The van der Waals surface area contributed by atoms with Gasteiger partial charge in [0, 0.05) is 26.8 Å². The second kappa shape index (κ2) is 5.85. The SMILES string of the molecule is CC1(C)OB(c2c(-c3ccccc3)noc2SI)OC1(C)C. The molecule has 1 aliphatic rings. The standard InChI is InChI=1S/C15H17BINO3S/c1-14(2)15(3,4)21-16(20-14)11-12(18-19-13(11)22-17)10-8-6-5-7-9-10/h5-9H,1-4H3. The Balaban J connectivity index is 2.06. The normalized spacial score (nSPS) is 19.6. The van der Waals surface area contributed by atoms with Gasteiger partial charge in [0.05, 0.1) is 16.7 Å². The molecule has 0 atom stereocenters. The number of benzene rings is 1. The fourth-order valence-corrected chi connectivity index (χ4v) is 3.61. The Morgan fingerprint density at radius 1 is 1.05 bits per heavy atom. The molecule has 4 nitrogen and oxygen atoms in total. The monoisotopic (exact) mass is 429 g/mol. The van der Waals surface area contributed by atoms with Crippen molar-refractivity contribution in [1.82, 2.24) is 5.16 Å². The third kappa shape index (κ3) is 2.72. The lowest BCUT2D eigenvalue weighted by molar-refractivity contribution is 0.00578. The van der Waals surface area contributed by atoms with E-state index in [1.54, 1.807) is 0 Å². The predicted molar refractivity (Wildman–Crippen MR) is 97.5 cm³/mol. The van der Waals surface area contributed by atoms with Gasteiger partial charge in [0.2, 0.25) is 5.09 Å². The summed E-state index contributed by atoms with van der Waals surface area (Å²) in [6.45, 7) is 8.16. The molecule has 0 amide bonds. The van der Waals surface area contributed by atoms with Gasteiger partial charge in [0.25, 0.3) is 0 Å². The first kappa shape index (κ1) is 16.4. The predicted octanol–water partition coefficient (Wildman–Crippen LogP) is 4.08. The van der Waals surface area contributed by atoms with Crippen LogP contribution in [0.15, 0.2) is 39.9 Å². The highest BCUT2D eigenvalue weighted by molar-refractivity contribution is 14.2. The molecule has 0 radical (unpaired) electrons. The van der Waals surface area contributed by atoms with Crippen LogP contribution in [0.25, 0.3) is 11.3 Å². The Labute approximate surface area is 147 Å². The summed E-state index contributed by atoms with van der Waals surface area (Å²) in [5.41, 5.74) is 1.85. The van der Waals surface area contributed by atoms with E-state index in [2.05, 4.69) is 26.4 Å². The highest BCUT2D eigenvalue weighted by atomic mass is 127. The highest BCUT2D eigenvalue weighted by Crippen LogP contribution is 2.39. The van der Waals surface area contributed by atoms with Crippen molar-refractivity contribution in [2.75, 3.05) is 0 Å². The fourth-order valence-electron chi connectivity index (χ4n) is 2.31. The van der Waals surface area contributed by atoms with E-state index in [9.17, 15) is 0 Å². The van der Waals surface area contributed by atoms with Crippen LogP contribution in [0.4, 0.5) is 0 Å². The third-order valence-corrected chi connectivity index (χ3v) is 5.94. The second-order valence-corrected chi connectivity index (χ2v) is 8.11. The van der Waals surface area contributed by atoms with E-state index >= 15 is 0 Å². The van der Waals surface area contributed by atoms with Gasteiger partial charge in [-0.15, -0.1) is 0 Å². The quantitative estimate of drug-likeness (QED) is 0.544. The summed E-state index contributed by atoms with van der Waals surface area (Å²) in [5, 5.41) is 4.96. The second-order valence-electron chi connectivity index (χ2n) is 6.26. The van der Waals surface area contributed by atoms with Gasteiger partial charge >= 0.3 is 7.12 Å². The van der Waals surface area contributed by atoms with E-state index in [4.69, 9.17) is 13.8 Å². The number of hydrogen-bond acceptors (Lipinski definition) is 5. The summed E-state index contributed by atoms with van der Waals surface area (Å²) >= 11 is 2.19. The Hall–Kier alpha value is -0.505. The molecule has 116 valence electrons. The van der Waals surface area contributed by atoms with Crippen molar-refractivity contribution in [3.05, 3.63) is 30.3 Å². The molecule has 0 saturated carbocycles. The van der Waals surface area contributed by atoms with E-state index < -0.39 is 18.3 Å². The molecule has 1 fully saturated rings. The van der Waals surface area contributed by atoms with Crippen LogP contribution in [-0.4, -0.2) is 23.5 Å². The maximum absolute atomic E-state index is 6.17. The minimum atomic E-state index is -0.483. The van der Waals surface area contributed by atoms with Crippen molar-refractivity contribution in [3.63, 3.8) is 0 Å². The van der Waals surface area contributed by atoms with Crippen LogP contribution >= 0.6 is 30.1 Å². The van der Waals surface area contributed by atoms with Gasteiger partial charge in [-0.1, -0.05) is 35.5 Å². The molecule has 1 aromatic carbocycles. The van der Waals surface area contributed by atoms with Crippen LogP contribution < -0.4 is 5.46 Å². The minimum Gasteiger partial charge on any atom is -0.399 e. The molecule has 0 unspecified atom stereocenters. The van der Waals surface area contributed by atoms with Crippen LogP contribution in [0.5, 0.6) is 0 Å². The molecule has 7 heteroatoms. The summed E-state index contributed by atoms with van der Waals surface area (Å²) in [7, 11) is 0.996. The maximum Gasteiger partial charge on any atom is 0.501 e. The van der Waals surface area contributed by atoms with E-state index in [1.165, 1.54) is 8.93 Å². The molecule has 2 aromatic rings. The van der Waals surface area contributed by atoms with E-state index in [0.29, 0.717) is 0 Å². The fraction of sp³-hybridized carbons (Fsp3) is 0.400. The molecule has 0 N–H and O–H groups in total. The summed E-state index contributed by atoms with van der Waals surface area (Å²) in [6, 6.07) is 9.96. The first-order valence-corrected chi connectivity index (χ1v) is 10.4. The lowest BCUT2D eigenvalue weighted by atomic mass is 9.78.